The summed E-state index contributed by atoms with van der Waals surface area (Å²) in [5.41, 5.74) is 0. The van der Waals surface area contributed by atoms with Crippen molar-refractivity contribution in [2.75, 3.05) is 12.4 Å². The lowest BCUT2D eigenvalue weighted by Crippen LogP contribution is -2.30. The molecule has 0 aliphatic rings. The van der Waals surface area contributed by atoms with E-state index in [0.717, 1.165) is 12.8 Å². The molecule has 0 saturated carbocycles. The summed E-state index contributed by atoms with van der Waals surface area (Å²) in [6.45, 7) is 1.67. The van der Waals surface area contributed by atoms with Crippen molar-refractivity contribution in [3.05, 3.63) is 0 Å². The van der Waals surface area contributed by atoms with Crippen LogP contribution in [0, 0.1) is 0 Å². The van der Waals surface area contributed by atoms with Gasteiger partial charge in [0.25, 0.3) is 6.43 Å². The Balaban J connectivity index is 3.15. The lowest BCUT2D eigenvalue weighted by atomic mass is 10.2. The van der Waals surface area contributed by atoms with E-state index in [4.69, 9.17) is 11.6 Å². The summed E-state index contributed by atoms with van der Waals surface area (Å²) in [4.78, 5) is 0. The molecule has 0 aromatic rings. The average molecular weight is 186 g/mol. The molecule has 1 unspecified atom stereocenters. The van der Waals surface area contributed by atoms with E-state index >= 15 is 0 Å². The predicted octanol–water partition coefficient (Wildman–Crippen LogP) is 2.25. The lowest BCUT2D eigenvalue weighted by Gasteiger charge is -2.11. The molecule has 11 heavy (non-hydrogen) atoms. The maximum absolute atomic E-state index is 11.6. The van der Waals surface area contributed by atoms with Crippen LogP contribution in [0.3, 0.4) is 0 Å². The SMILES string of the molecule is CC(CCCCl)NCC(F)F. The second-order valence-electron chi connectivity index (χ2n) is 2.53. The maximum atomic E-state index is 11.6. The third-order valence-corrected chi connectivity index (χ3v) is 1.66. The number of rotatable bonds is 6. The largest absolute Gasteiger partial charge is 0.309 e. The number of alkyl halides is 3. The van der Waals surface area contributed by atoms with Gasteiger partial charge in [0.2, 0.25) is 0 Å². The Morgan fingerprint density at radius 2 is 2.09 bits per heavy atom. The van der Waals surface area contributed by atoms with Gasteiger partial charge in [0, 0.05) is 11.9 Å². The fraction of sp³-hybridized carbons (Fsp3) is 1.00. The molecular formula is C7H14ClF2N. The standard InChI is InChI=1S/C7H14ClF2N/c1-6(3-2-4-8)11-5-7(9)10/h6-7,11H,2-5H2,1H3. The first-order valence-corrected chi connectivity index (χ1v) is 4.27. The molecule has 1 atom stereocenters. The van der Waals surface area contributed by atoms with Crippen molar-refractivity contribution in [2.45, 2.75) is 32.2 Å². The first-order chi connectivity index (χ1) is 5.16. The van der Waals surface area contributed by atoms with Crippen molar-refractivity contribution in [1.29, 1.82) is 0 Å². The second kappa shape index (κ2) is 6.80. The number of halogens is 3. The van der Waals surface area contributed by atoms with Crippen molar-refractivity contribution in [3.63, 3.8) is 0 Å². The Morgan fingerprint density at radius 3 is 2.55 bits per heavy atom. The van der Waals surface area contributed by atoms with E-state index in [-0.39, 0.29) is 12.6 Å². The minimum atomic E-state index is -2.26. The van der Waals surface area contributed by atoms with E-state index in [1.54, 1.807) is 0 Å². The van der Waals surface area contributed by atoms with Gasteiger partial charge in [-0.2, -0.15) is 0 Å². The van der Waals surface area contributed by atoms with Crippen LogP contribution in [0.15, 0.2) is 0 Å². The highest BCUT2D eigenvalue weighted by atomic mass is 35.5. The molecule has 0 fully saturated rings. The van der Waals surface area contributed by atoms with Gasteiger partial charge in [-0.1, -0.05) is 0 Å². The smallest absolute Gasteiger partial charge is 0.250 e. The highest BCUT2D eigenvalue weighted by Crippen LogP contribution is 1.98. The molecule has 0 heterocycles. The quantitative estimate of drug-likeness (QED) is 0.626. The Kier molecular flexibility index (Phi) is 6.87. The molecule has 0 bridgehead atoms. The van der Waals surface area contributed by atoms with E-state index in [2.05, 4.69) is 5.32 Å². The summed E-state index contributed by atoms with van der Waals surface area (Å²) >= 11 is 5.43. The highest BCUT2D eigenvalue weighted by molar-refractivity contribution is 6.17. The minimum absolute atomic E-state index is 0.141. The van der Waals surface area contributed by atoms with E-state index in [0.29, 0.717) is 5.88 Å². The molecule has 0 rings (SSSR count). The van der Waals surface area contributed by atoms with Crippen LogP contribution in [0.25, 0.3) is 0 Å². The fourth-order valence-electron chi connectivity index (χ4n) is 0.776. The van der Waals surface area contributed by atoms with Crippen molar-refractivity contribution in [1.82, 2.24) is 5.32 Å². The molecular weight excluding hydrogens is 172 g/mol. The van der Waals surface area contributed by atoms with E-state index in [9.17, 15) is 8.78 Å². The van der Waals surface area contributed by atoms with Gasteiger partial charge in [-0.25, -0.2) is 8.78 Å². The Hall–Kier alpha value is 0.110. The van der Waals surface area contributed by atoms with Crippen molar-refractivity contribution in [2.24, 2.45) is 0 Å². The molecule has 1 N–H and O–H groups in total. The number of hydrogen-bond acceptors (Lipinski definition) is 1. The van der Waals surface area contributed by atoms with Crippen LogP contribution in [-0.4, -0.2) is 24.9 Å². The molecule has 1 nitrogen and oxygen atoms in total. The zero-order valence-corrected chi connectivity index (χ0v) is 7.37. The number of nitrogens with one attached hydrogen (secondary N) is 1. The maximum Gasteiger partial charge on any atom is 0.250 e. The van der Waals surface area contributed by atoms with Gasteiger partial charge < -0.3 is 5.32 Å². The summed E-state index contributed by atoms with van der Waals surface area (Å²) in [7, 11) is 0. The zero-order chi connectivity index (χ0) is 8.69. The lowest BCUT2D eigenvalue weighted by molar-refractivity contribution is 0.141. The van der Waals surface area contributed by atoms with Gasteiger partial charge in [-0.3, -0.25) is 0 Å². The van der Waals surface area contributed by atoms with Crippen LogP contribution < -0.4 is 5.32 Å². The topological polar surface area (TPSA) is 12.0 Å². The summed E-state index contributed by atoms with van der Waals surface area (Å²) in [6, 6.07) is 0.141. The molecule has 0 saturated heterocycles. The molecule has 0 radical (unpaired) electrons. The van der Waals surface area contributed by atoms with Gasteiger partial charge in [-0.15, -0.1) is 11.6 Å². The second-order valence-corrected chi connectivity index (χ2v) is 2.91. The van der Waals surface area contributed by atoms with Gasteiger partial charge in [0.1, 0.15) is 0 Å². The third-order valence-electron chi connectivity index (χ3n) is 1.39. The average Bonchev–Trinajstić information content (AvgIpc) is 1.97. The van der Waals surface area contributed by atoms with Crippen LogP contribution in [0.4, 0.5) is 8.78 Å². The molecule has 0 aromatic heterocycles. The zero-order valence-electron chi connectivity index (χ0n) is 6.62. The van der Waals surface area contributed by atoms with Gasteiger partial charge in [0.15, 0.2) is 0 Å². The molecule has 0 spiro atoms. The van der Waals surface area contributed by atoms with Crippen LogP contribution in [-0.2, 0) is 0 Å². The first-order valence-electron chi connectivity index (χ1n) is 3.74. The van der Waals surface area contributed by atoms with Crippen LogP contribution >= 0.6 is 11.6 Å². The summed E-state index contributed by atoms with van der Waals surface area (Å²) < 4.78 is 23.3. The Morgan fingerprint density at radius 1 is 1.45 bits per heavy atom. The van der Waals surface area contributed by atoms with E-state index in [1.165, 1.54) is 0 Å². The monoisotopic (exact) mass is 185 g/mol. The Bertz CT molecular complexity index is 90.5. The Labute approximate surface area is 71.1 Å². The summed E-state index contributed by atoms with van der Waals surface area (Å²) in [5.74, 6) is 0.598. The molecule has 0 amide bonds. The van der Waals surface area contributed by atoms with Crippen LogP contribution in [0.1, 0.15) is 19.8 Å². The van der Waals surface area contributed by atoms with Gasteiger partial charge in [-0.05, 0) is 19.8 Å². The number of hydrogen-bond donors (Lipinski definition) is 1. The molecule has 4 heteroatoms. The van der Waals surface area contributed by atoms with Crippen LogP contribution in [0.5, 0.6) is 0 Å². The van der Waals surface area contributed by atoms with Crippen LogP contribution in [0.2, 0.25) is 0 Å². The first kappa shape index (κ1) is 11.1. The predicted molar refractivity (Wildman–Crippen MR) is 43.4 cm³/mol. The van der Waals surface area contributed by atoms with Crippen molar-refractivity contribution in [3.8, 4) is 0 Å². The van der Waals surface area contributed by atoms with Gasteiger partial charge >= 0.3 is 0 Å². The highest BCUT2D eigenvalue weighted by Gasteiger charge is 2.05. The summed E-state index contributed by atoms with van der Waals surface area (Å²) in [6.07, 6.45) is -0.525. The van der Waals surface area contributed by atoms with E-state index in [1.807, 2.05) is 6.92 Å². The third kappa shape index (κ3) is 8.01. The fourth-order valence-corrected chi connectivity index (χ4v) is 0.930. The molecule has 0 aliphatic heterocycles. The summed E-state index contributed by atoms with van der Waals surface area (Å²) in [5, 5.41) is 2.71. The minimum Gasteiger partial charge on any atom is -0.309 e. The normalized spacial score (nSPS) is 13.9. The van der Waals surface area contributed by atoms with Crippen molar-refractivity contribution >= 4 is 11.6 Å². The van der Waals surface area contributed by atoms with Gasteiger partial charge in [0.05, 0.1) is 6.54 Å². The van der Waals surface area contributed by atoms with Crippen molar-refractivity contribution < 1.29 is 8.78 Å². The molecule has 0 aliphatic carbocycles. The van der Waals surface area contributed by atoms with E-state index < -0.39 is 6.43 Å². The molecule has 0 aromatic carbocycles. The molecule has 68 valence electrons.